The molecule has 146 valence electrons. The number of hydrogen-bond donors (Lipinski definition) is 3. The number of carbonyl (C=O) groups excluding carboxylic acids is 1. The lowest BCUT2D eigenvalue weighted by molar-refractivity contribution is -0.129. The van der Waals surface area contributed by atoms with Crippen molar-refractivity contribution in [1.82, 2.24) is 20.5 Å². The van der Waals surface area contributed by atoms with Gasteiger partial charge >= 0.3 is 0 Å². The number of carbonyl (C=O) groups is 1. The number of hydrogen-bond acceptors (Lipinski definition) is 2. The van der Waals surface area contributed by atoms with E-state index in [1.165, 1.54) is 22.0 Å². The van der Waals surface area contributed by atoms with Gasteiger partial charge in [-0.05, 0) is 43.9 Å². The quantitative estimate of drug-likeness (QED) is 0.541. The molecule has 1 amide bonds. The molecule has 1 saturated heterocycles. The smallest absolute Gasteiger partial charge is 0.222 e. The van der Waals surface area contributed by atoms with Crippen molar-refractivity contribution in [2.45, 2.75) is 46.1 Å². The van der Waals surface area contributed by atoms with Crippen molar-refractivity contribution >= 4 is 22.8 Å². The Morgan fingerprint density at radius 2 is 2.22 bits per heavy atom. The molecule has 0 spiro atoms. The maximum Gasteiger partial charge on any atom is 0.222 e. The second-order valence-corrected chi connectivity index (χ2v) is 7.15. The van der Waals surface area contributed by atoms with Gasteiger partial charge in [-0.15, -0.1) is 0 Å². The summed E-state index contributed by atoms with van der Waals surface area (Å²) in [4.78, 5) is 21.9. The lowest BCUT2D eigenvalue weighted by atomic mass is 10.1. The zero-order valence-electron chi connectivity index (χ0n) is 16.6. The zero-order chi connectivity index (χ0) is 19.2. The number of benzene rings is 1. The maximum atomic E-state index is 11.9. The van der Waals surface area contributed by atoms with Crippen LogP contribution < -0.4 is 10.6 Å². The van der Waals surface area contributed by atoms with Crippen molar-refractivity contribution in [2.75, 3.05) is 26.2 Å². The van der Waals surface area contributed by atoms with Crippen LogP contribution in [0.25, 0.3) is 10.9 Å². The van der Waals surface area contributed by atoms with Gasteiger partial charge in [0.25, 0.3) is 0 Å². The third kappa shape index (κ3) is 4.62. The number of aryl methyl sites for hydroxylation is 1. The highest BCUT2D eigenvalue weighted by Crippen LogP contribution is 2.22. The van der Waals surface area contributed by atoms with Gasteiger partial charge in [0, 0.05) is 55.7 Å². The second-order valence-electron chi connectivity index (χ2n) is 7.15. The molecule has 1 aliphatic heterocycles. The lowest BCUT2D eigenvalue weighted by Crippen LogP contribution is -2.45. The van der Waals surface area contributed by atoms with Gasteiger partial charge in [-0.2, -0.15) is 0 Å². The van der Waals surface area contributed by atoms with Crippen LogP contribution in [0.15, 0.2) is 29.4 Å². The van der Waals surface area contributed by atoms with Crippen molar-refractivity contribution in [3.8, 4) is 0 Å². The first-order valence-electron chi connectivity index (χ1n) is 10.0. The Morgan fingerprint density at radius 3 is 3.00 bits per heavy atom. The molecule has 6 nitrogen and oxygen atoms in total. The average Bonchev–Trinajstić information content (AvgIpc) is 3.29. The summed E-state index contributed by atoms with van der Waals surface area (Å²) in [6, 6.07) is 6.62. The molecule has 1 unspecified atom stereocenters. The number of likely N-dealkylation sites (tertiary alicyclic amines) is 1. The third-order valence-corrected chi connectivity index (χ3v) is 5.18. The monoisotopic (exact) mass is 369 g/mol. The summed E-state index contributed by atoms with van der Waals surface area (Å²) in [5.41, 5.74) is 3.79. The van der Waals surface area contributed by atoms with E-state index < -0.39 is 0 Å². The number of nitrogens with zero attached hydrogens (tertiary/aromatic N) is 2. The fourth-order valence-electron chi connectivity index (χ4n) is 3.78. The van der Waals surface area contributed by atoms with Crippen LogP contribution in [0.1, 0.15) is 37.8 Å². The van der Waals surface area contributed by atoms with Gasteiger partial charge in [0.15, 0.2) is 5.96 Å². The van der Waals surface area contributed by atoms with Crippen LogP contribution in [0, 0.1) is 6.92 Å². The zero-order valence-corrected chi connectivity index (χ0v) is 16.6. The first-order chi connectivity index (χ1) is 13.1. The van der Waals surface area contributed by atoms with Crippen molar-refractivity contribution < 1.29 is 4.79 Å². The minimum absolute atomic E-state index is 0.232. The maximum absolute atomic E-state index is 11.9. The van der Waals surface area contributed by atoms with Crippen molar-refractivity contribution in [1.29, 1.82) is 0 Å². The fourth-order valence-corrected chi connectivity index (χ4v) is 3.78. The van der Waals surface area contributed by atoms with E-state index in [0.29, 0.717) is 6.42 Å². The van der Waals surface area contributed by atoms with Crippen molar-refractivity contribution in [3.63, 3.8) is 0 Å². The van der Waals surface area contributed by atoms with Crippen molar-refractivity contribution in [3.05, 3.63) is 35.5 Å². The molecule has 27 heavy (non-hydrogen) atoms. The first kappa shape index (κ1) is 19.3. The summed E-state index contributed by atoms with van der Waals surface area (Å²) < 4.78 is 0. The van der Waals surface area contributed by atoms with E-state index in [-0.39, 0.29) is 11.9 Å². The number of aliphatic imine (C=N–C) groups is 1. The van der Waals surface area contributed by atoms with Gasteiger partial charge in [-0.1, -0.05) is 19.1 Å². The molecule has 2 heterocycles. The van der Waals surface area contributed by atoms with Gasteiger partial charge in [0.05, 0.1) is 0 Å². The summed E-state index contributed by atoms with van der Waals surface area (Å²) in [6.45, 7) is 9.28. The summed E-state index contributed by atoms with van der Waals surface area (Å²) in [6.07, 6.45) is 4.54. The summed E-state index contributed by atoms with van der Waals surface area (Å²) in [5, 5.41) is 8.13. The number of H-pyrrole nitrogens is 1. The minimum atomic E-state index is 0.232. The SMILES string of the molecule is CCNC(=NCCc1c[nH]c2cccc(C)c12)NC1CCN(C(=O)CC)C1. The molecule has 1 fully saturated rings. The summed E-state index contributed by atoms with van der Waals surface area (Å²) >= 11 is 0. The molecule has 0 bridgehead atoms. The molecular formula is C21H31N5O. The van der Waals surface area contributed by atoms with Crippen LogP contribution in [0.3, 0.4) is 0 Å². The summed E-state index contributed by atoms with van der Waals surface area (Å²) in [5.74, 6) is 1.07. The van der Waals surface area contributed by atoms with Crippen LogP contribution in [0.4, 0.5) is 0 Å². The average molecular weight is 370 g/mol. The van der Waals surface area contributed by atoms with E-state index in [2.05, 4.69) is 53.9 Å². The molecule has 6 heteroatoms. The van der Waals surface area contributed by atoms with E-state index in [9.17, 15) is 4.79 Å². The van der Waals surface area contributed by atoms with Gasteiger partial charge in [0.1, 0.15) is 0 Å². The Kier molecular flexibility index (Phi) is 6.37. The molecule has 1 aliphatic rings. The summed E-state index contributed by atoms with van der Waals surface area (Å²) in [7, 11) is 0. The third-order valence-electron chi connectivity index (χ3n) is 5.18. The lowest BCUT2D eigenvalue weighted by Gasteiger charge is -2.18. The molecule has 0 aliphatic carbocycles. The largest absolute Gasteiger partial charge is 0.361 e. The number of nitrogens with one attached hydrogen (secondary N) is 3. The predicted molar refractivity (Wildman–Crippen MR) is 111 cm³/mol. The molecule has 0 saturated carbocycles. The number of aromatic amines is 1. The molecule has 1 atom stereocenters. The Labute approximate surface area is 161 Å². The van der Waals surface area contributed by atoms with Crippen LogP contribution in [-0.2, 0) is 11.2 Å². The highest BCUT2D eigenvalue weighted by Gasteiger charge is 2.25. The van der Waals surface area contributed by atoms with Crippen LogP contribution in [-0.4, -0.2) is 54.0 Å². The predicted octanol–water partition coefficient (Wildman–Crippen LogP) is 2.58. The molecule has 3 rings (SSSR count). The topological polar surface area (TPSA) is 72.5 Å². The first-order valence-corrected chi connectivity index (χ1v) is 10.0. The minimum Gasteiger partial charge on any atom is -0.361 e. The van der Waals surface area contributed by atoms with E-state index in [1.807, 2.05) is 11.8 Å². The Morgan fingerprint density at radius 1 is 1.37 bits per heavy atom. The fraction of sp³-hybridized carbons (Fsp3) is 0.524. The number of amides is 1. The Bertz CT molecular complexity index is 810. The normalized spacial score (nSPS) is 17.5. The highest BCUT2D eigenvalue weighted by molar-refractivity contribution is 5.86. The van der Waals surface area contributed by atoms with Gasteiger partial charge in [-0.3, -0.25) is 9.79 Å². The molecule has 3 N–H and O–H groups in total. The molecule has 0 radical (unpaired) electrons. The van der Waals surface area contributed by atoms with E-state index in [1.54, 1.807) is 0 Å². The van der Waals surface area contributed by atoms with Crippen LogP contribution >= 0.6 is 0 Å². The van der Waals surface area contributed by atoms with Gasteiger partial charge in [0.2, 0.25) is 5.91 Å². The standard InChI is InChI=1S/C21H31N5O/c1-4-19(27)26-12-10-17(14-26)25-21(22-5-2)23-11-9-16-13-24-18-8-6-7-15(3)20(16)18/h6-8,13,17,24H,4-5,9-12,14H2,1-3H3,(H2,22,23,25). The molecular weight excluding hydrogens is 338 g/mol. The van der Waals surface area contributed by atoms with Gasteiger partial charge < -0.3 is 20.5 Å². The number of fused-ring (bicyclic) bond motifs is 1. The molecule has 1 aromatic heterocycles. The van der Waals surface area contributed by atoms with E-state index >= 15 is 0 Å². The van der Waals surface area contributed by atoms with Crippen LogP contribution in [0.5, 0.6) is 0 Å². The number of aromatic nitrogens is 1. The van der Waals surface area contributed by atoms with E-state index in [4.69, 9.17) is 4.99 Å². The van der Waals surface area contributed by atoms with E-state index in [0.717, 1.165) is 45.0 Å². The number of rotatable bonds is 6. The van der Waals surface area contributed by atoms with Gasteiger partial charge in [-0.25, -0.2) is 0 Å². The number of guanidine groups is 1. The molecule has 2 aromatic rings. The highest BCUT2D eigenvalue weighted by atomic mass is 16.2. The Balaban J connectivity index is 1.60. The Hall–Kier alpha value is -2.50. The van der Waals surface area contributed by atoms with Crippen molar-refractivity contribution in [2.24, 2.45) is 4.99 Å². The molecule has 1 aromatic carbocycles. The second kappa shape index (κ2) is 8.93. The van der Waals surface area contributed by atoms with Crippen LogP contribution in [0.2, 0.25) is 0 Å².